The van der Waals surface area contributed by atoms with E-state index < -0.39 is 7.26 Å². The Morgan fingerprint density at radius 1 is 0.280 bits per heavy atom. The maximum Gasteiger partial charge on any atom is 0.112 e. The topological polar surface area (TPSA) is 0 Å². The van der Waals surface area contributed by atoms with E-state index >= 15 is 0 Å². The molecule has 2 heteroatoms. The largest absolute Gasteiger partial charge is 1.00 e. The summed E-state index contributed by atoms with van der Waals surface area (Å²) >= 11 is 0. The molecular formula is C48H76BrP. The van der Waals surface area contributed by atoms with Gasteiger partial charge in [0.1, 0.15) is 23.2 Å². The van der Waals surface area contributed by atoms with Gasteiger partial charge >= 0.3 is 0 Å². The van der Waals surface area contributed by atoms with Crippen molar-refractivity contribution in [2.24, 2.45) is 0 Å². The van der Waals surface area contributed by atoms with Gasteiger partial charge in [-0.1, -0.05) is 228 Å². The first-order valence-corrected chi connectivity index (χ1v) is 23.4. The van der Waals surface area contributed by atoms with E-state index in [2.05, 4.69) is 97.9 Å². The summed E-state index contributed by atoms with van der Waals surface area (Å²) in [5.41, 5.74) is 0. The Hall–Kier alpha value is -1.43. The molecular weight excluding hydrogens is 687 g/mol. The minimum atomic E-state index is -1.65. The van der Waals surface area contributed by atoms with E-state index in [-0.39, 0.29) is 17.0 Å². The van der Waals surface area contributed by atoms with Crippen LogP contribution in [0.15, 0.2) is 91.0 Å². The fraction of sp³-hybridized carbons (Fsp3) is 0.625. The van der Waals surface area contributed by atoms with E-state index in [1.807, 2.05) is 0 Å². The summed E-state index contributed by atoms with van der Waals surface area (Å²) < 4.78 is 0. The lowest BCUT2D eigenvalue weighted by Crippen LogP contribution is -3.00. The van der Waals surface area contributed by atoms with Crippen molar-refractivity contribution in [3.8, 4) is 0 Å². The fourth-order valence-electron chi connectivity index (χ4n) is 7.90. The third kappa shape index (κ3) is 18.9. The van der Waals surface area contributed by atoms with E-state index in [0.29, 0.717) is 0 Å². The van der Waals surface area contributed by atoms with Crippen LogP contribution in [0.3, 0.4) is 0 Å². The maximum absolute atomic E-state index is 2.38. The normalized spacial score (nSPS) is 11.5. The van der Waals surface area contributed by atoms with Crippen molar-refractivity contribution in [1.29, 1.82) is 0 Å². The molecule has 50 heavy (non-hydrogen) atoms. The molecule has 3 rings (SSSR count). The van der Waals surface area contributed by atoms with Gasteiger partial charge in [0.2, 0.25) is 0 Å². The molecule has 0 bridgehead atoms. The summed E-state index contributed by atoms with van der Waals surface area (Å²) in [4.78, 5) is 0. The van der Waals surface area contributed by atoms with Crippen LogP contribution in [0, 0.1) is 0 Å². The number of benzene rings is 3. The first kappa shape index (κ1) is 44.7. The van der Waals surface area contributed by atoms with Crippen LogP contribution in [0.2, 0.25) is 0 Å². The zero-order chi connectivity index (χ0) is 34.3. The molecule has 0 atom stereocenters. The van der Waals surface area contributed by atoms with Gasteiger partial charge in [0.05, 0.1) is 6.16 Å². The van der Waals surface area contributed by atoms with Gasteiger partial charge in [-0.2, -0.15) is 0 Å². The van der Waals surface area contributed by atoms with Crippen molar-refractivity contribution in [1.82, 2.24) is 0 Å². The first-order chi connectivity index (χ1) is 24.4. The molecule has 3 aromatic carbocycles. The Labute approximate surface area is 322 Å². The number of hydrogen-bond donors (Lipinski definition) is 0. The predicted octanol–water partition coefficient (Wildman–Crippen LogP) is 11.9. The highest BCUT2D eigenvalue weighted by Gasteiger charge is 2.44. The Bertz CT molecular complexity index is 1020. The molecule has 0 aliphatic rings. The van der Waals surface area contributed by atoms with Gasteiger partial charge < -0.3 is 17.0 Å². The summed E-state index contributed by atoms with van der Waals surface area (Å²) in [5.74, 6) is 0. The molecule has 0 aliphatic carbocycles. The Morgan fingerprint density at radius 3 is 0.700 bits per heavy atom. The van der Waals surface area contributed by atoms with Crippen LogP contribution in [0.25, 0.3) is 0 Å². The average Bonchev–Trinajstić information content (AvgIpc) is 3.15. The SMILES string of the molecule is CCCCCCCCCCCCCCCCCCCCCCCCCCCCCC[P+](c1ccccc1)(c1ccccc1)c1ccccc1.[Br-]. The number of halogens is 1. The monoisotopic (exact) mass is 762 g/mol. The van der Waals surface area contributed by atoms with E-state index in [1.54, 1.807) is 0 Å². The number of hydrogen-bond acceptors (Lipinski definition) is 0. The molecule has 0 aromatic heterocycles. The van der Waals surface area contributed by atoms with Crippen LogP contribution >= 0.6 is 7.26 Å². The molecule has 0 N–H and O–H groups in total. The summed E-state index contributed by atoms with van der Waals surface area (Å²) in [6.07, 6.45) is 41.9. The molecule has 0 spiro atoms. The standard InChI is InChI=1S/C48H76P.BrH/c1-2-3-4-5-6-7-8-9-10-11-12-13-14-15-16-17-18-19-20-21-22-23-24-25-26-27-28-38-45-49(46-39-32-29-33-40-46,47-41-34-30-35-42-47)48-43-36-31-37-44-48;/h29-37,39-44H,2-28,38,45H2,1H3;1H/q+1;/p-1. The van der Waals surface area contributed by atoms with Gasteiger partial charge in [0.25, 0.3) is 0 Å². The first-order valence-electron chi connectivity index (χ1n) is 21.4. The molecule has 280 valence electrons. The van der Waals surface area contributed by atoms with Crippen molar-refractivity contribution in [3.63, 3.8) is 0 Å². The Kier molecular flexibility index (Phi) is 27.8. The van der Waals surface area contributed by atoms with Crippen LogP contribution in [-0.4, -0.2) is 6.16 Å². The minimum absolute atomic E-state index is 0. The van der Waals surface area contributed by atoms with Gasteiger partial charge in [-0.05, 0) is 49.2 Å². The Balaban J connectivity index is 0.00000867. The molecule has 0 unspecified atom stereocenters. The second-order valence-corrected chi connectivity index (χ2v) is 18.7. The summed E-state index contributed by atoms with van der Waals surface area (Å²) in [6.45, 7) is 2.31. The van der Waals surface area contributed by atoms with E-state index in [4.69, 9.17) is 0 Å². The van der Waals surface area contributed by atoms with E-state index in [1.165, 1.54) is 202 Å². The lowest BCUT2D eigenvalue weighted by molar-refractivity contribution is -0.0000102. The zero-order valence-electron chi connectivity index (χ0n) is 32.5. The lowest BCUT2D eigenvalue weighted by Gasteiger charge is -2.27. The zero-order valence-corrected chi connectivity index (χ0v) is 35.0. The number of rotatable bonds is 32. The second kappa shape index (κ2) is 31.1. The van der Waals surface area contributed by atoms with Crippen LogP contribution < -0.4 is 32.9 Å². The van der Waals surface area contributed by atoms with Crippen LogP contribution in [-0.2, 0) is 0 Å². The van der Waals surface area contributed by atoms with Crippen molar-refractivity contribution in [3.05, 3.63) is 91.0 Å². The Morgan fingerprint density at radius 2 is 0.480 bits per heavy atom. The van der Waals surface area contributed by atoms with Crippen LogP contribution in [0.4, 0.5) is 0 Å². The summed E-state index contributed by atoms with van der Waals surface area (Å²) in [6, 6.07) is 34.2. The van der Waals surface area contributed by atoms with Gasteiger partial charge in [-0.25, -0.2) is 0 Å². The molecule has 0 fully saturated rings. The smallest absolute Gasteiger partial charge is 0.112 e. The third-order valence-electron chi connectivity index (χ3n) is 10.9. The highest BCUT2D eigenvalue weighted by Crippen LogP contribution is 2.56. The molecule has 0 saturated heterocycles. The van der Waals surface area contributed by atoms with Crippen molar-refractivity contribution >= 4 is 23.2 Å². The number of unbranched alkanes of at least 4 members (excludes halogenated alkanes) is 27. The van der Waals surface area contributed by atoms with Gasteiger partial charge in [0.15, 0.2) is 0 Å². The fourth-order valence-corrected chi connectivity index (χ4v) is 12.3. The van der Waals surface area contributed by atoms with Gasteiger partial charge in [-0.3, -0.25) is 0 Å². The second-order valence-electron chi connectivity index (χ2n) is 15.1. The minimum Gasteiger partial charge on any atom is -1.00 e. The molecule has 3 aromatic rings. The average molecular weight is 764 g/mol. The molecule has 0 aliphatic heterocycles. The highest BCUT2D eigenvalue weighted by atomic mass is 79.9. The van der Waals surface area contributed by atoms with E-state index in [9.17, 15) is 0 Å². The van der Waals surface area contributed by atoms with Gasteiger partial charge in [0, 0.05) is 0 Å². The van der Waals surface area contributed by atoms with Gasteiger partial charge in [-0.15, -0.1) is 0 Å². The lowest BCUT2D eigenvalue weighted by atomic mass is 10.0. The molecule has 0 heterocycles. The molecule has 0 saturated carbocycles. The van der Waals surface area contributed by atoms with Crippen LogP contribution in [0.1, 0.15) is 187 Å². The van der Waals surface area contributed by atoms with E-state index in [0.717, 1.165) is 0 Å². The predicted molar refractivity (Wildman–Crippen MR) is 225 cm³/mol. The molecule has 0 amide bonds. The highest BCUT2D eigenvalue weighted by molar-refractivity contribution is 7.95. The molecule has 0 nitrogen and oxygen atoms in total. The summed E-state index contributed by atoms with van der Waals surface area (Å²) in [7, 11) is -1.65. The van der Waals surface area contributed by atoms with Crippen molar-refractivity contribution in [2.45, 2.75) is 187 Å². The quantitative estimate of drug-likeness (QED) is 0.0439. The molecule has 0 radical (unpaired) electrons. The third-order valence-corrected chi connectivity index (χ3v) is 15.5. The summed E-state index contributed by atoms with van der Waals surface area (Å²) in [5, 5.41) is 4.58. The van der Waals surface area contributed by atoms with Crippen LogP contribution in [0.5, 0.6) is 0 Å². The van der Waals surface area contributed by atoms with Crippen molar-refractivity contribution < 1.29 is 17.0 Å². The maximum atomic E-state index is 2.38. The van der Waals surface area contributed by atoms with Crippen molar-refractivity contribution in [2.75, 3.05) is 6.16 Å².